The van der Waals surface area contributed by atoms with Crippen LogP contribution in [-0.4, -0.2) is 30.3 Å². The third kappa shape index (κ3) is 3.54. The van der Waals surface area contributed by atoms with E-state index in [0.717, 1.165) is 4.90 Å². The monoisotopic (exact) mass is 262 g/mol. The van der Waals surface area contributed by atoms with Gasteiger partial charge in [0.1, 0.15) is 6.54 Å². The highest BCUT2D eigenvalue weighted by Crippen LogP contribution is 2.25. The minimum atomic E-state index is -4.32. The zero-order chi connectivity index (χ0) is 13.9. The van der Waals surface area contributed by atoms with Crippen molar-refractivity contribution in [3.8, 4) is 0 Å². The second-order valence-corrected chi connectivity index (χ2v) is 3.71. The van der Waals surface area contributed by atoms with Gasteiger partial charge in [0.2, 0.25) is 0 Å². The van der Waals surface area contributed by atoms with Crippen LogP contribution in [0.2, 0.25) is 0 Å². The lowest BCUT2D eigenvalue weighted by Gasteiger charge is -2.24. The molecule has 0 aliphatic rings. The van der Waals surface area contributed by atoms with Gasteiger partial charge in [-0.25, -0.2) is 4.79 Å². The maximum absolute atomic E-state index is 12.3. The number of hydrogen-bond acceptors (Lipinski definition) is 3. The Kier molecular flexibility index (Phi) is 4.05. The quantitative estimate of drug-likeness (QED) is 0.817. The lowest BCUT2D eigenvalue weighted by atomic mass is 10.1. The van der Waals surface area contributed by atoms with E-state index in [-0.39, 0.29) is 23.5 Å². The fourth-order valence-electron chi connectivity index (χ4n) is 1.54. The van der Waals surface area contributed by atoms with Crippen molar-refractivity contribution in [1.82, 2.24) is 0 Å². The van der Waals surface area contributed by atoms with Gasteiger partial charge in [-0.2, -0.15) is 13.2 Å². The van der Waals surface area contributed by atoms with Gasteiger partial charge in [0, 0.05) is 17.9 Å². The number of aromatic carboxylic acids is 1. The Bertz CT molecular complexity index is 446. The zero-order valence-electron chi connectivity index (χ0n) is 9.66. The lowest BCUT2D eigenvalue weighted by Crippen LogP contribution is -2.34. The number of anilines is 2. The van der Waals surface area contributed by atoms with Crippen LogP contribution in [0.4, 0.5) is 24.5 Å². The minimum absolute atomic E-state index is 0.0550. The van der Waals surface area contributed by atoms with Crippen molar-refractivity contribution < 1.29 is 23.1 Å². The highest BCUT2D eigenvalue weighted by Gasteiger charge is 2.30. The first-order valence-electron chi connectivity index (χ1n) is 5.19. The molecule has 0 spiro atoms. The summed E-state index contributed by atoms with van der Waals surface area (Å²) in [6, 6.07) is 3.75. The van der Waals surface area contributed by atoms with Gasteiger partial charge in [0.15, 0.2) is 0 Å². The van der Waals surface area contributed by atoms with E-state index in [2.05, 4.69) is 0 Å². The van der Waals surface area contributed by atoms with Crippen LogP contribution in [0.25, 0.3) is 0 Å². The maximum Gasteiger partial charge on any atom is 0.405 e. The second kappa shape index (κ2) is 5.16. The zero-order valence-corrected chi connectivity index (χ0v) is 9.66. The molecule has 1 aromatic rings. The van der Waals surface area contributed by atoms with Crippen molar-refractivity contribution in [2.24, 2.45) is 0 Å². The largest absolute Gasteiger partial charge is 0.478 e. The average molecular weight is 262 g/mol. The number of nitrogens with zero attached hydrogens (tertiary/aromatic N) is 1. The van der Waals surface area contributed by atoms with E-state index >= 15 is 0 Å². The summed E-state index contributed by atoms with van der Waals surface area (Å²) in [5.74, 6) is -1.21. The van der Waals surface area contributed by atoms with Crippen LogP contribution in [0.1, 0.15) is 17.3 Å². The van der Waals surface area contributed by atoms with E-state index < -0.39 is 18.7 Å². The summed E-state index contributed by atoms with van der Waals surface area (Å²) in [6.45, 7) is 0.619. The first-order valence-corrected chi connectivity index (χ1v) is 5.19. The molecule has 0 unspecified atom stereocenters. The highest BCUT2D eigenvalue weighted by atomic mass is 19.4. The van der Waals surface area contributed by atoms with Crippen LogP contribution in [0.5, 0.6) is 0 Å². The standard InChI is InChI=1S/C11H13F3N2O2/c1-2-16(6-11(12,13)14)7-3-4-8(10(17)18)9(15)5-7/h3-5H,2,6,15H2,1H3,(H,17,18). The van der Waals surface area contributed by atoms with Crippen molar-refractivity contribution >= 4 is 17.3 Å². The molecule has 0 radical (unpaired) electrons. The third-order valence-corrected chi connectivity index (χ3v) is 2.38. The molecule has 7 heteroatoms. The molecule has 0 heterocycles. The normalized spacial score (nSPS) is 11.3. The molecule has 0 bridgehead atoms. The molecule has 0 aliphatic carbocycles. The number of carboxylic acids is 1. The van der Waals surface area contributed by atoms with Gasteiger partial charge in [0.25, 0.3) is 0 Å². The first kappa shape index (κ1) is 14.1. The Morgan fingerprint density at radius 1 is 1.44 bits per heavy atom. The summed E-state index contributed by atoms with van der Waals surface area (Å²) >= 11 is 0. The number of carbonyl (C=O) groups is 1. The SMILES string of the molecule is CCN(CC(F)(F)F)c1ccc(C(=O)O)c(N)c1. The Labute approximate surface area is 102 Å². The van der Waals surface area contributed by atoms with E-state index in [1.807, 2.05) is 0 Å². The molecule has 0 saturated heterocycles. The van der Waals surface area contributed by atoms with E-state index in [9.17, 15) is 18.0 Å². The van der Waals surface area contributed by atoms with Gasteiger partial charge in [-0.1, -0.05) is 0 Å². The molecule has 3 N–H and O–H groups in total. The van der Waals surface area contributed by atoms with Crippen LogP contribution in [0, 0.1) is 0 Å². The van der Waals surface area contributed by atoms with Crippen LogP contribution in [0.3, 0.4) is 0 Å². The third-order valence-electron chi connectivity index (χ3n) is 2.38. The number of carboxylic acid groups (broad SMARTS) is 1. The van der Waals surface area contributed by atoms with Crippen molar-refractivity contribution in [3.05, 3.63) is 23.8 Å². The molecule has 1 aromatic carbocycles. The predicted molar refractivity (Wildman–Crippen MR) is 61.8 cm³/mol. The van der Waals surface area contributed by atoms with Crippen LogP contribution in [-0.2, 0) is 0 Å². The van der Waals surface area contributed by atoms with Crippen molar-refractivity contribution in [3.63, 3.8) is 0 Å². The molecule has 18 heavy (non-hydrogen) atoms. The number of nitrogens with two attached hydrogens (primary N) is 1. The van der Waals surface area contributed by atoms with Crippen molar-refractivity contribution in [1.29, 1.82) is 0 Å². The summed E-state index contributed by atoms with van der Waals surface area (Å²) < 4.78 is 37.0. The number of rotatable bonds is 4. The van der Waals surface area contributed by atoms with Gasteiger partial charge in [-0.05, 0) is 25.1 Å². The molecule has 0 fully saturated rings. The van der Waals surface area contributed by atoms with E-state index in [1.165, 1.54) is 18.2 Å². The molecule has 0 amide bonds. The number of nitrogen functional groups attached to an aromatic ring is 1. The number of alkyl halides is 3. The molecule has 0 aliphatic heterocycles. The van der Waals surface area contributed by atoms with Gasteiger partial charge in [-0.3, -0.25) is 0 Å². The lowest BCUT2D eigenvalue weighted by molar-refractivity contribution is -0.119. The van der Waals surface area contributed by atoms with E-state index in [1.54, 1.807) is 6.92 Å². The van der Waals surface area contributed by atoms with Gasteiger partial charge in [-0.15, -0.1) is 0 Å². The Balaban J connectivity index is 3.01. The van der Waals surface area contributed by atoms with Crippen molar-refractivity contribution in [2.45, 2.75) is 13.1 Å². The first-order chi connectivity index (χ1) is 8.24. The van der Waals surface area contributed by atoms with Gasteiger partial charge < -0.3 is 15.7 Å². The molecule has 0 atom stereocenters. The highest BCUT2D eigenvalue weighted by molar-refractivity contribution is 5.94. The number of benzene rings is 1. The minimum Gasteiger partial charge on any atom is -0.478 e. The van der Waals surface area contributed by atoms with Crippen LogP contribution in [0.15, 0.2) is 18.2 Å². The Hall–Kier alpha value is -1.92. The van der Waals surface area contributed by atoms with Gasteiger partial charge in [0.05, 0.1) is 5.56 Å². The Morgan fingerprint density at radius 2 is 2.06 bits per heavy atom. The summed E-state index contributed by atoms with van der Waals surface area (Å²) in [7, 11) is 0. The topological polar surface area (TPSA) is 66.6 Å². The molecule has 0 saturated carbocycles. The van der Waals surface area contributed by atoms with Crippen LogP contribution >= 0.6 is 0 Å². The molecule has 0 aromatic heterocycles. The average Bonchev–Trinajstić information content (AvgIpc) is 2.24. The molecule has 4 nitrogen and oxygen atoms in total. The number of hydrogen-bond donors (Lipinski definition) is 2. The van der Waals surface area contributed by atoms with Crippen LogP contribution < -0.4 is 10.6 Å². The molecular formula is C11H13F3N2O2. The van der Waals surface area contributed by atoms with E-state index in [0.29, 0.717) is 0 Å². The molecular weight excluding hydrogens is 249 g/mol. The summed E-state index contributed by atoms with van der Waals surface area (Å²) in [4.78, 5) is 11.8. The van der Waals surface area contributed by atoms with E-state index in [4.69, 9.17) is 10.8 Å². The predicted octanol–water partition coefficient (Wildman–Crippen LogP) is 2.36. The summed E-state index contributed by atoms with van der Waals surface area (Å²) in [5, 5.41) is 8.77. The number of halogens is 3. The Morgan fingerprint density at radius 3 is 2.44 bits per heavy atom. The molecule has 100 valence electrons. The van der Waals surface area contributed by atoms with Gasteiger partial charge >= 0.3 is 12.1 Å². The van der Waals surface area contributed by atoms with Crippen molar-refractivity contribution in [2.75, 3.05) is 23.7 Å². The second-order valence-electron chi connectivity index (χ2n) is 3.71. The fourth-order valence-corrected chi connectivity index (χ4v) is 1.54. The smallest absolute Gasteiger partial charge is 0.405 e. The summed E-state index contributed by atoms with van der Waals surface area (Å²) in [5.41, 5.74) is 5.56. The molecule has 1 rings (SSSR count). The summed E-state index contributed by atoms with van der Waals surface area (Å²) in [6.07, 6.45) is -4.32. The maximum atomic E-state index is 12.3. The fraction of sp³-hybridized carbons (Fsp3) is 0.364.